The Morgan fingerprint density at radius 2 is 1.96 bits per heavy atom. The minimum atomic E-state index is -0.265. The molecule has 0 aliphatic carbocycles. The molecular weight excluding hydrogens is 318 g/mol. The highest BCUT2D eigenvalue weighted by Crippen LogP contribution is 2.36. The standard InChI is InChI=1S/C18H15N5O2/c1-12-19-9-10-22(12)11-16(24)23-15-7-3-2-5-13(15)18(25)21-14-6-4-8-20-17(14)23/h2-10H,11H2,1H3,(H,21,25). The van der Waals surface area contributed by atoms with Crippen molar-refractivity contribution in [1.82, 2.24) is 14.5 Å². The van der Waals surface area contributed by atoms with Crippen LogP contribution in [0, 0.1) is 6.92 Å². The van der Waals surface area contributed by atoms with Gasteiger partial charge in [-0.1, -0.05) is 12.1 Å². The van der Waals surface area contributed by atoms with Gasteiger partial charge in [0.25, 0.3) is 11.8 Å². The molecule has 7 heteroatoms. The van der Waals surface area contributed by atoms with Gasteiger partial charge in [-0.25, -0.2) is 9.97 Å². The van der Waals surface area contributed by atoms with E-state index in [1.165, 1.54) is 4.90 Å². The molecule has 0 fully saturated rings. The highest BCUT2D eigenvalue weighted by molar-refractivity contribution is 6.17. The fraction of sp³-hybridized carbons (Fsp3) is 0.111. The molecule has 1 aliphatic heterocycles. The second-order valence-electron chi connectivity index (χ2n) is 5.68. The van der Waals surface area contributed by atoms with Gasteiger partial charge in [-0.15, -0.1) is 0 Å². The molecule has 2 amide bonds. The summed E-state index contributed by atoms with van der Waals surface area (Å²) in [5.74, 6) is 0.680. The molecule has 3 heterocycles. The molecule has 124 valence electrons. The van der Waals surface area contributed by atoms with Crippen LogP contribution in [0.25, 0.3) is 0 Å². The Hall–Kier alpha value is -3.48. The number of amides is 2. The smallest absolute Gasteiger partial charge is 0.257 e. The van der Waals surface area contributed by atoms with Crippen molar-refractivity contribution in [2.75, 3.05) is 10.2 Å². The third kappa shape index (κ3) is 2.55. The van der Waals surface area contributed by atoms with Gasteiger partial charge in [0.05, 0.1) is 16.9 Å². The Morgan fingerprint density at radius 1 is 1.12 bits per heavy atom. The number of nitrogens with zero attached hydrogens (tertiary/aromatic N) is 4. The SMILES string of the molecule is Cc1nccn1CC(=O)N1c2ccccc2C(=O)Nc2cccnc21. The topological polar surface area (TPSA) is 80.1 Å². The molecule has 0 spiro atoms. The Morgan fingerprint density at radius 3 is 2.76 bits per heavy atom. The van der Waals surface area contributed by atoms with Crippen LogP contribution < -0.4 is 10.2 Å². The highest BCUT2D eigenvalue weighted by Gasteiger charge is 2.30. The number of hydrogen-bond donors (Lipinski definition) is 1. The molecule has 0 unspecified atom stereocenters. The van der Waals surface area contributed by atoms with E-state index in [-0.39, 0.29) is 18.4 Å². The number of anilines is 3. The number of aromatic nitrogens is 3. The molecule has 4 rings (SSSR count). The molecule has 0 saturated carbocycles. The molecule has 0 radical (unpaired) electrons. The number of fused-ring (bicyclic) bond motifs is 2. The predicted molar refractivity (Wildman–Crippen MR) is 92.7 cm³/mol. The molecule has 7 nitrogen and oxygen atoms in total. The van der Waals surface area contributed by atoms with E-state index in [9.17, 15) is 9.59 Å². The third-order valence-electron chi connectivity index (χ3n) is 4.11. The first kappa shape index (κ1) is 15.1. The van der Waals surface area contributed by atoms with Crippen molar-refractivity contribution in [3.05, 3.63) is 66.4 Å². The van der Waals surface area contributed by atoms with Crippen LogP contribution in [-0.2, 0) is 11.3 Å². The van der Waals surface area contributed by atoms with Crippen molar-refractivity contribution in [3.8, 4) is 0 Å². The lowest BCUT2D eigenvalue weighted by Crippen LogP contribution is -2.31. The molecular formula is C18H15N5O2. The lowest BCUT2D eigenvalue weighted by molar-refractivity contribution is -0.118. The number of para-hydroxylation sites is 1. The van der Waals surface area contributed by atoms with Gasteiger partial charge in [0.1, 0.15) is 12.4 Å². The molecule has 0 saturated heterocycles. The first-order valence-corrected chi connectivity index (χ1v) is 7.81. The molecule has 2 aromatic heterocycles. The number of rotatable bonds is 2. The first-order chi connectivity index (χ1) is 12.1. The average Bonchev–Trinajstić information content (AvgIpc) is 2.96. The van der Waals surface area contributed by atoms with Crippen molar-refractivity contribution in [1.29, 1.82) is 0 Å². The zero-order chi connectivity index (χ0) is 17.4. The summed E-state index contributed by atoms with van der Waals surface area (Å²) >= 11 is 0. The Balaban J connectivity index is 1.85. The highest BCUT2D eigenvalue weighted by atomic mass is 16.2. The zero-order valence-corrected chi connectivity index (χ0v) is 13.5. The summed E-state index contributed by atoms with van der Waals surface area (Å²) in [6.07, 6.45) is 5.00. The number of aryl methyl sites for hydroxylation is 1. The fourth-order valence-electron chi connectivity index (χ4n) is 2.88. The van der Waals surface area contributed by atoms with E-state index in [1.54, 1.807) is 59.6 Å². The summed E-state index contributed by atoms with van der Waals surface area (Å²) < 4.78 is 1.76. The summed E-state index contributed by atoms with van der Waals surface area (Å²) in [7, 11) is 0. The number of nitrogens with one attached hydrogen (secondary N) is 1. The lowest BCUT2D eigenvalue weighted by Gasteiger charge is -2.23. The summed E-state index contributed by atoms with van der Waals surface area (Å²) in [5, 5.41) is 2.82. The van der Waals surface area contributed by atoms with E-state index >= 15 is 0 Å². The molecule has 0 atom stereocenters. The van der Waals surface area contributed by atoms with Crippen LogP contribution in [0.4, 0.5) is 17.2 Å². The predicted octanol–water partition coefficient (Wildman–Crippen LogP) is 2.52. The summed E-state index contributed by atoms with van der Waals surface area (Å²) in [4.78, 5) is 35.6. The monoisotopic (exact) mass is 333 g/mol. The maximum absolute atomic E-state index is 13.1. The summed E-state index contributed by atoms with van der Waals surface area (Å²) in [6.45, 7) is 1.94. The number of pyridine rings is 1. The molecule has 3 aromatic rings. The second kappa shape index (κ2) is 5.86. The number of benzene rings is 1. The van der Waals surface area contributed by atoms with Gasteiger partial charge in [-0.05, 0) is 31.2 Å². The van der Waals surface area contributed by atoms with Crippen LogP contribution >= 0.6 is 0 Å². The van der Waals surface area contributed by atoms with E-state index in [0.29, 0.717) is 22.8 Å². The van der Waals surface area contributed by atoms with E-state index in [4.69, 9.17) is 0 Å². The van der Waals surface area contributed by atoms with E-state index in [0.717, 1.165) is 5.82 Å². The lowest BCUT2D eigenvalue weighted by atomic mass is 10.1. The van der Waals surface area contributed by atoms with Gasteiger partial charge in [0.2, 0.25) is 0 Å². The third-order valence-corrected chi connectivity index (χ3v) is 4.11. The van der Waals surface area contributed by atoms with Crippen molar-refractivity contribution < 1.29 is 9.59 Å². The van der Waals surface area contributed by atoms with E-state index in [2.05, 4.69) is 15.3 Å². The van der Waals surface area contributed by atoms with E-state index < -0.39 is 0 Å². The Labute approximate surface area is 143 Å². The molecule has 1 N–H and O–H groups in total. The van der Waals surface area contributed by atoms with Gasteiger partial charge in [-0.2, -0.15) is 0 Å². The summed E-state index contributed by atoms with van der Waals surface area (Å²) in [5.41, 5.74) is 1.44. The average molecular weight is 333 g/mol. The van der Waals surface area contributed by atoms with Crippen LogP contribution in [0.3, 0.4) is 0 Å². The minimum Gasteiger partial charge on any atom is -0.326 e. The van der Waals surface area contributed by atoms with Crippen molar-refractivity contribution >= 4 is 29.0 Å². The largest absolute Gasteiger partial charge is 0.326 e. The van der Waals surface area contributed by atoms with Crippen molar-refractivity contribution in [3.63, 3.8) is 0 Å². The van der Waals surface area contributed by atoms with Crippen LogP contribution in [0.5, 0.6) is 0 Å². The van der Waals surface area contributed by atoms with Crippen LogP contribution in [0.15, 0.2) is 55.0 Å². The number of hydrogen-bond acceptors (Lipinski definition) is 4. The molecule has 25 heavy (non-hydrogen) atoms. The molecule has 1 aromatic carbocycles. The maximum Gasteiger partial charge on any atom is 0.257 e. The van der Waals surface area contributed by atoms with Gasteiger partial charge < -0.3 is 9.88 Å². The number of imidazole rings is 1. The van der Waals surface area contributed by atoms with Crippen molar-refractivity contribution in [2.45, 2.75) is 13.5 Å². The van der Waals surface area contributed by atoms with Gasteiger partial charge in [0.15, 0.2) is 5.82 Å². The first-order valence-electron chi connectivity index (χ1n) is 7.81. The second-order valence-corrected chi connectivity index (χ2v) is 5.68. The van der Waals surface area contributed by atoms with Crippen LogP contribution in [-0.4, -0.2) is 26.3 Å². The van der Waals surface area contributed by atoms with E-state index in [1.807, 2.05) is 6.92 Å². The normalized spacial score (nSPS) is 12.8. The Kier molecular flexibility index (Phi) is 3.53. The number of carbonyl (C=O) groups is 2. The minimum absolute atomic E-state index is 0.102. The maximum atomic E-state index is 13.1. The summed E-state index contributed by atoms with van der Waals surface area (Å²) in [6, 6.07) is 10.5. The van der Waals surface area contributed by atoms with Gasteiger partial charge in [-0.3, -0.25) is 14.5 Å². The molecule has 0 bridgehead atoms. The van der Waals surface area contributed by atoms with Crippen molar-refractivity contribution in [2.24, 2.45) is 0 Å². The zero-order valence-electron chi connectivity index (χ0n) is 13.5. The molecule has 1 aliphatic rings. The van der Waals surface area contributed by atoms with Gasteiger partial charge in [0, 0.05) is 18.6 Å². The van der Waals surface area contributed by atoms with Gasteiger partial charge >= 0.3 is 0 Å². The van der Waals surface area contributed by atoms with Crippen LogP contribution in [0.1, 0.15) is 16.2 Å². The quantitative estimate of drug-likeness (QED) is 0.781. The fourth-order valence-corrected chi connectivity index (χ4v) is 2.88. The Bertz CT molecular complexity index is 979. The number of carbonyl (C=O) groups excluding carboxylic acids is 2. The van der Waals surface area contributed by atoms with Crippen LogP contribution in [0.2, 0.25) is 0 Å².